The molecule has 7 heteroatoms. The van der Waals surface area contributed by atoms with E-state index >= 15 is 0 Å². The first-order chi connectivity index (χ1) is 14.0. The number of benzene rings is 1. The van der Waals surface area contributed by atoms with E-state index in [9.17, 15) is 9.59 Å². The number of aromatic nitrogens is 1. The molecular formula is C22H27N5O2. The molecule has 1 N–H and O–H groups in total. The maximum atomic E-state index is 12.7. The second-order valence-electron chi connectivity index (χ2n) is 7.93. The summed E-state index contributed by atoms with van der Waals surface area (Å²) in [7, 11) is 2.12. The van der Waals surface area contributed by atoms with Crippen molar-refractivity contribution < 1.29 is 9.59 Å². The first-order valence-electron chi connectivity index (χ1n) is 10.1. The number of hydrogen-bond acceptors (Lipinski definition) is 5. The summed E-state index contributed by atoms with van der Waals surface area (Å²) >= 11 is 0. The second-order valence-corrected chi connectivity index (χ2v) is 7.93. The van der Waals surface area contributed by atoms with Crippen molar-refractivity contribution in [1.29, 1.82) is 0 Å². The molecule has 2 fully saturated rings. The van der Waals surface area contributed by atoms with Crippen molar-refractivity contribution in [3.05, 3.63) is 48.2 Å². The average Bonchev–Trinajstić information content (AvgIpc) is 3.12. The lowest BCUT2D eigenvalue weighted by Gasteiger charge is -2.33. The number of carbonyl (C=O) groups is 2. The summed E-state index contributed by atoms with van der Waals surface area (Å²) in [4.78, 5) is 35.8. The van der Waals surface area contributed by atoms with Gasteiger partial charge in [0.15, 0.2) is 0 Å². The Morgan fingerprint density at radius 2 is 1.79 bits per heavy atom. The van der Waals surface area contributed by atoms with Gasteiger partial charge in [-0.3, -0.25) is 9.59 Å². The molecular weight excluding hydrogens is 366 g/mol. The molecule has 2 aromatic rings. The number of likely N-dealkylation sites (N-methyl/N-ethyl adjacent to an activating group) is 1. The van der Waals surface area contributed by atoms with E-state index in [1.807, 2.05) is 43.3 Å². The number of pyridine rings is 1. The second kappa shape index (κ2) is 8.21. The molecule has 2 aliphatic rings. The van der Waals surface area contributed by atoms with Gasteiger partial charge in [-0.25, -0.2) is 4.98 Å². The zero-order valence-corrected chi connectivity index (χ0v) is 17.0. The zero-order valence-electron chi connectivity index (χ0n) is 17.0. The first kappa shape index (κ1) is 19.4. The van der Waals surface area contributed by atoms with Crippen LogP contribution in [-0.4, -0.2) is 61.5 Å². The maximum Gasteiger partial charge on any atom is 0.229 e. The standard InChI is InChI=1S/C22H27N5O2/c1-16-3-6-19(7-4-16)27-15-17(13-21(27)28)22(29)24-18-5-8-20(23-14-18)26-11-9-25(2)10-12-26/h3-8,14,17H,9-13,15H2,1-2H3,(H,24,29). The summed E-state index contributed by atoms with van der Waals surface area (Å²) in [6.07, 6.45) is 1.92. The Morgan fingerprint density at radius 3 is 2.45 bits per heavy atom. The van der Waals surface area contributed by atoms with Gasteiger partial charge in [0.05, 0.1) is 17.8 Å². The Bertz CT molecular complexity index is 873. The molecule has 1 atom stereocenters. The lowest BCUT2D eigenvalue weighted by Crippen LogP contribution is -2.44. The van der Waals surface area contributed by atoms with Gasteiger partial charge in [0.25, 0.3) is 0 Å². The van der Waals surface area contributed by atoms with Crippen molar-refractivity contribution in [2.75, 3.05) is 54.9 Å². The average molecular weight is 393 g/mol. The number of hydrogen-bond donors (Lipinski definition) is 1. The largest absolute Gasteiger partial charge is 0.354 e. The van der Waals surface area contributed by atoms with E-state index in [1.165, 1.54) is 0 Å². The summed E-state index contributed by atoms with van der Waals surface area (Å²) < 4.78 is 0. The van der Waals surface area contributed by atoms with Crippen LogP contribution in [0, 0.1) is 12.8 Å². The maximum absolute atomic E-state index is 12.7. The molecule has 0 radical (unpaired) electrons. The summed E-state index contributed by atoms with van der Waals surface area (Å²) in [6, 6.07) is 11.6. The molecule has 29 heavy (non-hydrogen) atoms. The number of nitrogens with one attached hydrogen (secondary N) is 1. The topological polar surface area (TPSA) is 68.8 Å². The monoisotopic (exact) mass is 393 g/mol. The van der Waals surface area contributed by atoms with Gasteiger partial charge in [0.2, 0.25) is 11.8 Å². The Balaban J connectivity index is 1.35. The minimum Gasteiger partial charge on any atom is -0.354 e. The molecule has 3 heterocycles. The number of carbonyl (C=O) groups excluding carboxylic acids is 2. The lowest BCUT2D eigenvalue weighted by atomic mass is 10.1. The van der Waals surface area contributed by atoms with Crippen molar-refractivity contribution in [3.63, 3.8) is 0 Å². The van der Waals surface area contributed by atoms with Crippen molar-refractivity contribution in [3.8, 4) is 0 Å². The molecule has 0 saturated carbocycles. The van der Waals surface area contributed by atoms with Crippen molar-refractivity contribution in [2.45, 2.75) is 13.3 Å². The third-order valence-corrected chi connectivity index (χ3v) is 5.68. The molecule has 1 aromatic heterocycles. The number of anilines is 3. The van der Waals surface area contributed by atoms with E-state index in [1.54, 1.807) is 11.1 Å². The van der Waals surface area contributed by atoms with E-state index < -0.39 is 0 Å². The highest BCUT2D eigenvalue weighted by atomic mass is 16.2. The van der Waals surface area contributed by atoms with Crippen molar-refractivity contribution in [2.24, 2.45) is 5.92 Å². The Kier molecular flexibility index (Phi) is 5.49. The normalized spacial score (nSPS) is 20.2. The Hall–Kier alpha value is -2.93. The highest BCUT2D eigenvalue weighted by Crippen LogP contribution is 2.26. The van der Waals surface area contributed by atoms with Crippen LogP contribution in [0.4, 0.5) is 17.2 Å². The highest BCUT2D eigenvalue weighted by molar-refractivity contribution is 6.03. The number of piperazine rings is 1. The summed E-state index contributed by atoms with van der Waals surface area (Å²) in [6.45, 7) is 6.36. The molecule has 2 aliphatic heterocycles. The fraction of sp³-hybridized carbons (Fsp3) is 0.409. The predicted octanol–water partition coefficient (Wildman–Crippen LogP) is 2.13. The van der Waals surface area contributed by atoms with Gasteiger partial charge >= 0.3 is 0 Å². The van der Waals surface area contributed by atoms with Crippen LogP contribution in [0.15, 0.2) is 42.6 Å². The highest BCUT2D eigenvalue weighted by Gasteiger charge is 2.35. The predicted molar refractivity (Wildman–Crippen MR) is 114 cm³/mol. The molecule has 0 spiro atoms. The lowest BCUT2D eigenvalue weighted by molar-refractivity contribution is -0.122. The van der Waals surface area contributed by atoms with Gasteiger partial charge in [-0.15, -0.1) is 0 Å². The molecule has 1 aromatic carbocycles. The van der Waals surface area contributed by atoms with Crippen LogP contribution in [0.5, 0.6) is 0 Å². The van der Waals surface area contributed by atoms with Gasteiger partial charge in [-0.05, 0) is 38.2 Å². The molecule has 4 rings (SSSR count). The van der Waals surface area contributed by atoms with Crippen LogP contribution in [0.1, 0.15) is 12.0 Å². The summed E-state index contributed by atoms with van der Waals surface area (Å²) in [5, 5.41) is 2.92. The van der Waals surface area contributed by atoms with Gasteiger partial charge < -0.3 is 20.0 Å². The number of aryl methyl sites for hydroxylation is 1. The third-order valence-electron chi connectivity index (χ3n) is 5.68. The van der Waals surface area contributed by atoms with Gasteiger partial charge in [0, 0.05) is 44.8 Å². The SMILES string of the molecule is Cc1ccc(N2CC(C(=O)Nc3ccc(N4CCN(C)CC4)nc3)CC2=O)cc1. The fourth-order valence-electron chi connectivity index (χ4n) is 3.78. The van der Waals surface area contributed by atoms with E-state index in [-0.39, 0.29) is 24.2 Å². The molecule has 1 unspecified atom stereocenters. The molecule has 7 nitrogen and oxygen atoms in total. The minimum absolute atomic E-state index is 0.0162. The first-order valence-corrected chi connectivity index (χ1v) is 10.1. The van der Waals surface area contributed by atoms with E-state index in [4.69, 9.17) is 0 Å². The number of amides is 2. The summed E-state index contributed by atoms with van der Waals surface area (Å²) in [5.74, 6) is 0.415. The Labute approximate surface area is 171 Å². The number of nitrogens with zero attached hydrogens (tertiary/aromatic N) is 4. The van der Waals surface area contributed by atoms with Crippen molar-refractivity contribution >= 4 is 29.0 Å². The number of rotatable bonds is 4. The van der Waals surface area contributed by atoms with E-state index in [0.717, 1.165) is 43.2 Å². The third kappa shape index (κ3) is 4.40. The van der Waals surface area contributed by atoms with Gasteiger partial charge in [0.1, 0.15) is 5.82 Å². The van der Waals surface area contributed by atoms with Crippen LogP contribution >= 0.6 is 0 Å². The molecule has 152 valence electrons. The summed E-state index contributed by atoms with van der Waals surface area (Å²) in [5.41, 5.74) is 2.64. The van der Waals surface area contributed by atoms with Gasteiger partial charge in [-0.1, -0.05) is 17.7 Å². The van der Waals surface area contributed by atoms with Crippen LogP contribution < -0.4 is 15.1 Å². The van der Waals surface area contributed by atoms with Crippen LogP contribution in [0.25, 0.3) is 0 Å². The van der Waals surface area contributed by atoms with Crippen LogP contribution in [0.3, 0.4) is 0 Å². The molecule has 0 aliphatic carbocycles. The fourth-order valence-corrected chi connectivity index (χ4v) is 3.78. The smallest absolute Gasteiger partial charge is 0.229 e. The zero-order chi connectivity index (χ0) is 20.4. The van der Waals surface area contributed by atoms with E-state index in [0.29, 0.717) is 12.2 Å². The Morgan fingerprint density at radius 1 is 1.07 bits per heavy atom. The molecule has 0 bridgehead atoms. The van der Waals surface area contributed by atoms with Gasteiger partial charge in [-0.2, -0.15) is 0 Å². The van der Waals surface area contributed by atoms with E-state index in [2.05, 4.69) is 27.1 Å². The van der Waals surface area contributed by atoms with Crippen molar-refractivity contribution in [1.82, 2.24) is 9.88 Å². The molecule has 2 saturated heterocycles. The quantitative estimate of drug-likeness (QED) is 0.862. The minimum atomic E-state index is -0.360. The van der Waals surface area contributed by atoms with Crippen LogP contribution in [-0.2, 0) is 9.59 Å². The van der Waals surface area contributed by atoms with Crippen LogP contribution in [0.2, 0.25) is 0 Å². The molecule has 2 amide bonds.